The number of aromatic nitrogens is 2. The molecule has 8 aromatic carbocycles. The molecule has 15 rings (SSSR count). The predicted octanol–water partition coefficient (Wildman–Crippen LogP) is 16.3. The predicted molar refractivity (Wildman–Crippen MR) is 277 cm³/mol. The molecule has 67 heavy (non-hydrogen) atoms. The highest BCUT2D eigenvalue weighted by molar-refractivity contribution is 6.32. The minimum Gasteiger partial charge on any atom is -0.459 e. The van der Waals surface area contributed by atoms with Crippen molar-refractivity contribution in [1.29, 1.82) is 0 Å². The highest BCUT2D eigenvalue weighted by Gasteiger charge is 2.45. The number of para-hydroxylation sites is 2. The van der Waals surface area contributed by atoms with E-state index >= 15 is 0 Å². The van der Waals surface area contributed by atoms with Crippen molar-refractivity contribution in [2.24, 2.45) is 14.1 Å². The summed E-state index contributed by atoms with van der Waals surface area (Å²) in [6.07, 6.45) is 0.800. The zero-order chi connectivity index (χ0) is 45.0. The molecule has 0 amide bonds. The molecule has 0 saturated heterocycles. The minimum atomic E-state index is -0.430. The van der Waals surface area contributed by atoms with Gasteiger partial charge in [-0.25, -0.2) is 0 Å². The second-order valence-electron chi connectivity index (χ2n) is 21.1. The van der Waals surface area contributed by atoms with Crippen LogP contribution in [-0.2, 0) is 36.8 Å². The van der Waals surface area contributed by atoms with E-state index in [1.807, 2.05) is 0 Å². The fourth-order valence-electron chi connectivity index (χ4n) is 13.6. The van der Waals surface area contributed by atoms with E-state index in [0.29, 0.717) is 0 Å². The molecule has 3 aliphatic rings. The molecule has 0 saturated carbocycles. The topological polar surface area (TPSA) is 36.1 Å². The summed E-state index contributed by atoms with van der Waals surface area (Å²) >= 11 is 0. The van der Waals surface area contributed by atoms with Gasteiger partial charge in [-0.1, -0.05) is 149 Å². The molecule has 4 aromatic heterocycles. The first-order valence-corrected chi connectivity index (χ1v) is 23.8. The SMILES string of the molecule is Cn1c2c(c3ccc4c5c6c(oc7ccccc76)c(-c6ccc7c(c6)-c6ccccc6C7(C)C)cc5n(C)c4c31)-c1c(oc3ccccc13)C(C)(c1ccc3c(c1)-c1ccccc1C3(C)C)C2. The number of hydrogen-bond donors (Lipinski definition) is 0. The Labute approximate surface area is 388 Å². The molecule has 4 nitrogen and oxygen atoms in total. The summed E-state index contributed by atoms with van der Waals surface area (Å²) in [6, 6.07) is 56.6. The van der Waals surface area contributed by atoms with Crippen LogP contribution >= 0.6 is 0 Å². The van der Waals surface area contributed by atoms with Crippen LogP contribution in [0.3, 0.4) is 0 Å². The smallest absolute Gasteiger partial charge is 0.144 e. The van der Waals surface area contributed by atoms with E-state index in [4.69, 9.17) is 8.83 Å². The molecule has 12 aromatic rings. The van der Waals surface area contributed by atoms with Gasteiger partial charge in [0.25, 0.3) is 0 Å². The van der Waals surface area contributed by atoms with Gasteiger partial charge in [0.15, 0.2) is 0 Å². The van der Waals surface area contributed by atoms with E-state index in [1.54, 1.807) is 0 Å². The average molecular weight is 865 g/mol. The van der Waals surface area contributed by atoms with Gasteiger partial charge in [0.1, 0.15) is 22.5 Å². The Morgan fingerprint density at radius 3 is 1.76 bits per heavy atom. The number of fused-ring (bicyclic) bond motifs is 21. The normalized spacial score (nSPS) is 17.4. The quantitative estimate of drug-likeness (QED) is 0.174. The van der Waals surface area contributed by atoms with Crippen LogP contribution < -0.4 is 0 Å². The number of benzene rings is 8. The highest BCUT2D eigenvalue weighted by atomic mass is 16.3. The summed E-state index contributed by atoms with van der Waals surface area (Å²) in [6.45, 7) is 11.8. The molecule has 4 heteroatoms. The molecular weight excluding hydrogens is 817 g/mol. The fourth-order valence-corrected chi connectivity index (χ4v) is 13.6. The van der Waals surface area contributed by atoms with Gasteiger partial charge in [-0.05, 0) is 92.9 Å². The fraction of sp³-hybridized carbons (Fsp3) is 0.175. The summed E-state index contributed by atoms with van der Waals surface area (Å²) in [5.74, 6) is 1.05. The first-order chi connectivity index (χ1) is 32.4. The van der Waals surface area contributed by atoms with Gasteiger partial charge in [-0.2, -0.15) is 0 Å². The monoisotopic (exact) mass is 864 g/mol. The van der Waals surface area contributed by atoms with E-state index in [-0.39, 0.29) is 10.8 Å². The number of rotatable bonds is 2. The van der Waals surface area contributed by atoms with E-state index in [1.165, 1.54) is 116 Å². The number of hydrogen-bond acceptors (Lipinski definition) is 2. The van der Waals surface area contributed by atoms with Crippen molar-refractivity contribution < 1.29 is 8.83 Å². The van der Waals surface area contributed by atoms with Gasteiger partial charge >= 0.3 is 0 Å². The standard InChI is InChI=1S/C63H48N2O2/c1-61(2)45-20-12-8-16-36(45)43-30-34(24-28-47(43)61)42-32-49-53(55-38-18-10-14-22-51(38)66-59(42)55)40-26-27-41-54-50(65(7)58(41)57(40)64(49)6)33-63(5,60-56(54)39-19-11-15-23-52(39)67-60)35-25-29-48-44(31-35)37-17-9-13-21-46(37)62(48,3)4/h8-32H,33H2,1-7H3. The lowest BCUT2D eigenvalue weighted by molar-refractivity contribution is 0.415. The Balaban J connectivity index is 0.999. The molecule has 0 aliphatic heterocycles. The average Bonchev–Trinajstić information content (AvgIpc) is 4.16. The summed E-state index contributed by atoms with van der Waals surface area (Å²) < 4.78 is 19.1. The third-order valence-corrected chi connectivity index (χ3v) is 17.0. The van der Waals surface area contributed by atoms with Crippen LogP contribution in [0.15, 0.2) is 160 Å². The molecule has 0 fully saturated rings. The zero-order valence-corrected chi connectivity index (χ0v) is 38.9. The maximum absolute atomic E-state index is 7.13. The molecule has 1 atom stereocenters. The number of nitrogens with zero attached hydrogens (tertiary/aromatic N) is 2. The number of aryl methyl sites for hydroxylation is 2. The molecule has 0 bridgehead atoms. The van der Waals surface area contributed by atoms with Crippen molar-refractivity contribution in [1.82, 2.24) is 9.13 Å². The van der Waals surface area contributed by atoms with Crippen molar-refractivity contribution >= 4 is 65.6 Å². The first kappa shape index (κ1) is 37.6. The Morgan fingerprint density at radius 1 is 0.448 bits per heavy atom. The zero-order valence-electron chi connectivity index (χ0n) is 38.9. The lowest BCUT2D eigenvalue weighted by Gasteiger charge is -2.34. The Morgan fingerprint density at radius 2 is 1.03 bits per heavy atom. The maximum Gasteiger partial charge on any atom is 0.144 e. The van der Waals surface area contributed by atoms with E-state index in [9.17, 15) is 0 Å². The number of furan rings is 2. The van der Waals surface area contributed by atoms with Crippen LogP contribution in [-0.4, -0.2) is 9.13 Å². The van der Waals surface area contributed by atoms with Gasteiger partial charge in [-0.3, -0.25) is 0 Å². The van der Waals surface area contributed by atoms with Crippen LogP contribution in [0.2, 0.25) is 0 Å². The maximum atomic E-state index is 7.13. The van der Waals surface area contributed by atoms with Crippen molar-refractivity contribution in [3.8, 4) is 44.5 Å². The van der Waals surface area contributed by atoms with Crippen LogP contribution in [0.25, 0.3) is 110 Å². The lowest BCUT2D eigenvalue weighted by atomic mass is 9.69. The molecule has 1 unspecified atom stereocenters. The molecule has 4 heterocycles. The van der Waals surface area contributed by atoms with Crippen molar-refractivity contribution in [3.63, 3.8) is 0 Å². The van der Waals surface area contributed by atoms with Gasteiger partial charge < -0.3 is 18.0 Å². The summed E-state index contributed by atoms with van der Waals surface area (Å²) in [7, 11) is 4.56. The Hall–Kier alpha value is -7.56. The lowest BCUT2D eigenvalue weighted by Crippen LogP contribution is -2.31. The molecule has 3 aliphatic carbocycles. The third-order valence-electron chi connectivity index (χ3n) is 17.0. The van der Waals surface area contributed by atoms with E-state index in [2.05, 4.69) is 210 Å². The largest absolute Gasteiger partial charge is 0.459 e. The molecule has 0 N–H and O–H groups in total. The molecule has 322 valence electrons. The summed E-state index contributed by atoms with van der Waals surface area (Å²) in [4.78, 5) is 0. The second-order valence-corrected chi connectivity index (χ2v) is 21.1. The van der Waals surface area contributed by atoms with Crippen LogP contribution in [0.1, 0.15) is 73.9 Å². The van der Waals surface area contributed by atoms with Gasteiger partial charge in [0.05, 0.1) is 22.0 Å². The third kappa shape index (κ3) is 4.45. The molecule has 0 radical (unpaired) electrons. The van der Waals surface area contributed by atoms with Crippen LogP contribution in [0, 0.1) is 0 Å². The van der Waals surface area contributed by atoms with Crippen LogP contribution in [0.5, 0.6) is 0 Å². The second kappa shape index (κ2) is 12.3. The van der Waals surface area contributed by atoms with Crippen molar-refractivity contribution in [3.05, 3.63) is 191 Å². The van der Waals surface area contributed by atoms with Gasteiger partial charge in [-0.15, -0.1) is 0 Å². The molecular formula is C63H48N2O2. The summed E-state index contributed by atoms with van der Waals surface area (Å²) in [5.41, 5.74) is 24.1. The van der Waals surface area contributed by atoms with Crippen LogP contribution in [0.4, 0.5) is 0 Å². The minimum absolute atomic E-state index is 0.0604. The molecule has 0 spiro atoms. The van der Waals surface area contributed by atoms with E-state index in [0.717, 1.165) is 39.9 Å². The first-order valence-electron chi connectivity index (χ1n) is 23.8. The highest BCUT2D eigenvalue weighted by Crippen LogP contribution is 2.57. The van der Waals surface area contributed by atoms with Gasteiger partial charge in [0.2, 0.25) is 0 Å². The van der Waals surface area contributed by atoms with Gasteiger partial charge in [0, 0.05) is 86.0 Å². The summed E-state index contributed by atoms with van der Waals surface area (Å²) in [5, 5.41) is 7.19. The van der Waals surface area contributed by atoms with E-state index < -0.39 is 5.41 Å². The Bertz CT molecular complexity index is 4230. The van der Waals surface area contributed by atoms with Crippen molar-refractivity contribution in [2.75, 3.05) is 0 Å². The van der Waals surface area contributed by atoms with Crippen molar-refractivity contribution in [2.45, 2.75) is 57.3 Å². The Kier molecular flexibility index (Phi) is 6.88.